The number of nitrogens with one attached hydrogen (secondary N) is 2. The van der Waals surface area contributed by atoms with Crippen molar-refractivity contribution in [3.63, 3.8) is 0 Å². The van der Waals surface area contributed by atoms with Crippen molar-refractivity contribution in [2.75, 3.05) is 18.5 Å². The monoisotopic (exact) mass is 306 g/mol. The average Bonchev–Trinajstić information content (AvgIpc) is 2.59. The molecule has 0 aromatic heterocycles. The Morgan fingerprint density at radius 1 is 0.870 bits per heavy atom. The van der Waals surface area contributed by atoms with Crippen LogP contribution in [0.5, 0.6) is 5.75 Å². The van der Waals surface area contributed by atoms with Gasteiger partial charge in [0.25, 0.3) is 0 Å². The fraction of sp³-hybridized carbons (Fsp3) is 0.105. The number of urea groups is 1. The predicted octanol–water partition coefficient (Wildman–Crippen LogP) is 4.04. The number of ether oxygens (including phenoxy) is 1. The number of anilines is 1. The summed E-state index contributed by atoms with van der Waals surface area (Å²) in [4.78, 5) is 11.7. The first-order valence-corrected chi connectivity index (χ1v) is 7.53. The molecule has 0 aliphatic carbocycles. The topological polar surface area (TPSA) is 50.4 Å². The first-order valence-electron chi connectivity index (χ1n) is 7.53. The van der Waals surface area contributed by atoms with E-state index in [9.17, 15) is 4.79 Å². The third kappa shape index (κ3) is 4.23. The van der Waals surface area contributed by atoms with E-state index in [1.807, 2.05) is 66.7 Å². The normalized spacial score (nSPS) is 10.3. The molecule has 0 fully saturated rings. The predicted molar refractivity (Wildman–Crippen MR) is 92.9 cm³/mol. The maximum atomic E-state index is 11.7. The van der Waals surface area contributed by atoms with Crippen LogP contribution in [0.3, 0.4) is 0 Å². The minimum atomic E-state index is -0.238. The standard InChI is InChI=1S/C19H18N2O2/c22-19(21-17-8-2-1-3-9-17)20-12-13-23-18-11-10-15-6-4-5-7-16(15)14-18/h1-11,14H,12-13H2,(H2,20,21,22). The molecule has 4 heteroatoms. The van der Waals surface area contributed by atoms with Crippen molar-refractivity contribution in [1.82, 2.24) is 5.32 Å². The number of carbonyl (C=O) groups excluding carboxylic acids is 1. The summed E-state index contributed by atoms with van der Waals surface area (Å²) in [7, 11) is 0. The molecule has 0 atom stereocenters. The van der Waals surface area contributed by atoms with Crippen LogP contribution < -0.4 is 15.4 Å². The second-order valence-corrected chi connectivity index (χ2v) is 5.10. The summed E-state index contributed by atoms with van der Waals surface area (Å²) in [6, 6.07) is 23.2. The van der Waals surface area contributed by atoms with E-state index >= 15 is 0 Å². The molecular formula is C19H18N2O2. The smallest absolute Gasteiger partial charge is 0.319 e. The van der Waals surface area contributed by atoms with Crippen LogP contribution >= 0.6 is 0 Å². The molecule has 4 nitrogen and oxygen atoms in total. The van der Waals surface area contributed by atoms with Gasteiger partial charge in [-0.3, -0.25) is 0 Å². The number of benzene rings is 3. The Morgan fingerprint density at radius 2 is 1.61 bits per heavy atom. The number of hydrogen-bond donors (Lipinski definition) is 2. The van der Waals surface area contributed by atoms with Crippen molar-refractivity contribution in [3.05, 3.63) is 72.8 Å². The molecule has 0 spiro atoms. The minimum Gasteiger partial charge on any atom is -0.492 e. The van der Waals surface area contributed by atoms with Gasteiger partial charge in [-0.1, -0.05) is 48.5 Å². The molecule has 0 saturated carbocycles. The number of hydrogen-bond acceptors (Lipinski definition) is 2. The van der Waals surface area contributed by atoms with Crippen molar-refractivity contribution in [1.29, 1.82) is 0 Å². The van der Waals surface area contributed by atoms with Gasteiger partial charge in [-0.05, 0) is 35.0 Å². The Labute approximate surface area is 135 Å². The Morgan fingerprint density at radius 3 is 2.43 bits per heavy atom. The molecule has 2 amide bonds. The van der Waals surface area contributed by atoms with Crippen LogP contribution in [0.25, 0.3) is 10.8 Å². The van der Waals surface area contributed by atoms with Gasteiger partial charge in [0.15, 0.2) is 0 Å². The fourth-order valence-electron chi connectivity index (χ4n) is 2.29. The Kier molecular flexibility index (Phi) is 4.74. The van der Waals surface area contributed by atoms with Crippen LogP contribution in [0, 0.1) is 0 Å². The van der Waals surface area contributed by atoms with Crippen LogP contribution in [0.1, 0.15) is 0 Å². The van der Waals surface area contributed by atoms with Gasteiger partial charge in [-0.25, -0.2) is 4.79 Å². The highest BCUT2D eigenvalue weighted by molar-refractivity contribution is 5.89. The van der Waals surface area contributed by atoms with Gasteiger partial charge >= 0.3 is 6.03 Å². The van der Waals surface area contributed by atoms with E-state index in [0.29, 0.717) is 13.2 Å². The van der Waals surface area contributed by atoms with Crippen LogP contribution in [-0.2, 0) is 0 Å². The Hall–Kier alpha value is -3.01. The van der Waals surface area contributed by atoms with Gasteiger partial charge in [0.1, 0.15) is 12.4 Å². The number of amides is 2. The lowest BCUT2D eigenvalue weighted by molar-refractivity contribution is 0.247. The molecule has 3 rings (SSSR count). The summed E-state index contributed by atoms with van der Waals surface area (Å²) in [5, 5.41) is 7.84. The second-order valence-electron chi connectivity index (χ2n) is 5.10. The molecule has 0 radical (unpaired) electrons. The van der Waals surface area contributed by atoms with Gasteiger partial charge in [0.2, 0.25) is 0 Å². The molecule has 0 heterocycles. The fourth-order valence-corrected chi connectivity index (χ4v) is 2.29. The molecule has 2 N–H and O–H groups in total. The van der Waals surface area contributed by atoms with E-state index in [-0.39, 0.29) is 6.03 Å². The molecule has 0 unspecified atom stereocenters. The first-order chi connectivity index (χ1) is 11.3. The van der Waals surface area contributed by atoms with Gasteiger partial charge < -0.3 is 15.4 Å². The van der Waals surface area contributed by atoms with Gasteiger partial charge in [0.05, 0.1) is 6.54 Å². The molecule has 23 heavy (non-hydrogen) atoms. The van der Waals surface area contributed by atoms with Gasteiger partial charge in [-0.2, -0.15) is 0 Å². The van der Waals surface area contributed by atoms with Crippen LogP contribution in [0.15, 0.2) is 72.8 Å². The zero-order valence-corrected chi connectivity index (χ0v) is 12.7. The molecule has 116 valence electrons. The van der Waals surface area contributed by atoms with Crippen LogP contribution in [-0.4, -0.2) is 19.2 Å². The first kappa shape index (κ1) is 14.9. The highest BCUT2D eigenvalue weighted by atomic mass is 16.5. The Balaban J connectivity index is 1.44. The molecular weight excluding hydrogens is 288 g/mol. The van der Waals surface area contributed by atoms with Crippen molar-refractivity contribution in [2.45, 2.75) is 0 Å². The quantitative estimate of drug-likeness (QED) is 0.699. The third-order valence-electron chi connectivity index (χ3n) is 3.41. The summed E-state index contributed by atoms with van der Waals surface area (Å²) in [5.74, 6) is 0.800. The van der Waals surface area contributed by atoms with Crippen molar-refractivity contribution in [3.8, 4) is 5.75 Å². The minimum absolute atomic E-state index is 0.238. The lowest BCUT2D eigenvalue weighted by atomic mass is 10.1. The summed E-state index contributed by atoms with van der Waals surface area (Å²) in [5.41, 5.74) is 0.764. The largest absolute Gasteiger partial charge is 0.492 e. The summed E-state index contributed by atoms with van der Waals surface area (Å²) >= 11 is 0. The maximum Gasteiger partial charge on any atom is 0.319 e. The van der Waals surface area contributed by atoms with Gasteiger partial charge in [-0.15, -0.1) is 0 Å². The van der Waals surface area contributed by atoms with Crippen LogP contribution in [0.2, 0.25) is 0 Å². The van der Waals surface area contributed by atoms with E-state index in [4.69, 9.17) is 4.74 Å². The summed E-state index contributed by atoms with van der Waals surface area (Å²) in [6.07, 6.45) is 0. The molecule has 3 aromatic carbocycles. The van der Waals surface area contributed by atoms with E-state index in [0.717, 1.165) is 16.8 Å². The molecule has 0 aliphatic heterocycles. The second kappa shape index (κ2) is 7.31. The lowest BCUT2D eigenvalue weighted by Crippen LogP contribution is -2.32. The Bertz CT molecular complexity index is 787. The summed E-state index contributed by atoms with van der Waals surface area (Å²) < 4.78 is 5.67. The number of para-hydroxylation sites is 1. The molecule has 0 saturated heterocycles. The highest BCUT2D eigenvalue weighted by Gasteiger charge is 2.01. The van der Waals surface area contributed by atoms with E-state index < -0.39 is 0 Å². The summed E-state index contributed by atoms with van der Waals surface area (Å²) in [6.45, 7) is 0.853. The van der Waals surface area contributed by atoms with E-state index in [1.165, 1.54) is 5.39 Å². The van der Waals surface area contributed by atoms with Crippen molar-refractivity contribution < 1.29 is 9.53 Å². The molecule has 0 bridgehead atoms. The van der Waals surface area contributed by atoms with Gasteiger partial charge in [0, 0.05) is 5.69 Å². The maximum absolute atomic E-state index is 11.7. The number of rotatable bonds is 5. The molecule has 0 aliphatic rings. The average molecular weight is 306 g/mol. The SMILES string of the molecule is O=C(NCCOc1ccc2ccccc2c1)Nc1ccccc1. The molecule has 3 aromatic rings. The number of carbonyl (C=O) groups is 1. The third-order valence-corrected chi connectivity index (χ3v) is 3.41. The zero-order chi connectivity index (χ0) is 15.9. The van der Waals surface area contributed by atoms with E-state index in [1.54, 1.807) is 0 Å². The van der Waals surface area contributed by atoms with Crippen LogP contribution in [0.4, 0.5) is 10.5 Å². The van der Waals surface area contributed by atoms with Crippen molar-refractivity contribution in [2.24, 2.45) is 0 Å². The van der Waals surface area contributed by atoms with E-state index in [2.05, 4.69) is 16.7 Å². The number of fused-ring (bicyclic) bond motifs is 1. The zero-order valence-electron chi connectivity index (χ0n) is 12.7. The highest BCUT2D eigenvalue weighted by Crippen LogP contribution is 2.20. The van der Waals surface area contributed by atoms with Crippen molar-refractivity contribution >= 4 is 22.5 Å². The lowest BCUT2D eigenvalue weighted by Gasteiger charge is -2.09.